The van der Waals surface area contributed by atoms with Gasteiger partial charge in [0, 0.05) is 0 Å². The predicted molar refractivity (Wildman–Crippen MR) is 114 cm³/mol. The molecule has 0 aromatic heterocycles. The summed E-state index contributed by atoms with van der Waals surface area (Å²) in [5.41, 5.74) is 4.90. The minimum Gasteiger partial charge on any atom is -0.508 e. The fraction of sp³-hybridized carbons (Fsp3) is 0.538. The van der Waals surface area contributed by atoms with Gasteiger partial charge in [0.2, 0.25) is 0 Å². The number of hydrogen-bond acceptors (Lipinski definition) is 2. The molecule has 1 aromatic rings. The first kappa shape index (κ1) is 18.2. The van der Waals surface area contributed by atoms with Crippen LogP contribution in [0.2, 0.25) is 0 Å². The van der Waals surface area contributed by atoms with E-state index in [2.05, 4.69) is 36.9 Å². The lowest BCUT2D eigenvalue weighted by Crippen LogP contribution is -2.16. The first-order valence-electron chi connectivity index (χ1n) is 11.0. The SMILES string of the molecule is C=C(C)COCC1CC2CC1C=C2c1ccc(CC2CC3C=CC2C3)c(O)c1. The van der Waals surface area contributed by atoms with Gasteiger partial charge >= 0.3 is 0 Å². The molecular formula is C26H32O2. The number of aromatic hydroxyl groups is 1. The topological polar surface area (TPSA) is 29.5 Å². The molecule has 0 spiro atoms. The van der Waals surface area contributed by atoms with E-state index in [4.69, 9.17) is 4.74 Å². The van der Waals surface area contributed by atoms with E-state index in [-0.39, 0.29) is 0 Å². The van der Waals surface area contributed by atoms with Gasteiger partial charge in [-0.2, -0.15) is 0 Å². The van der Waals surface area contributed by atoms with Crippen LogP contribution in [0.4, 0.5) is 0 Å². The molecule has 28 heavy (non-hydrogen) atoms. The molecule has 4 bridgehead atoms. The van der Waals surface area contributed by atoms with Crippen LogP contribution in [0.3, 0.4) is 0 Å². The number of phenols is 1. The lowest BCUT2D eigenvalue weighted by Gasteiger charge is -2.22. The molecule has 4 aliphatic carbocycles. The van der Waals surface area contributed by atoms with E-state index in [1.165, 1.54) is 36.8 Å². The zero-order valence-electron chi connectivity index (χ0n) is 16.9. The van der Waals surface area contributed by atoms with Crippen LogP contribution in [-0.2, 0) is 11.2 Å². The van der Waals surface area contributed by atoms with Crippen LogP contribution in [0.25, 0.3) is 5.57 Å². The van der Waals surface area contributed by atoms with Gasteiger partial charge < -0.3 is 9.84 Å². The normalized spacial score (nSPS) is 35.0. The molecule has 5 rings (SSSR count). The number of benzene rings is 1. The molecule has 6 unspecified atom stereocenters. The zero-order chi connectivity index (χ0) is 19.3. The van der Waals surface area contributed by atoms with Crippen molar-refractivity contribution in [1.82, 2.24) is 0 Å². The highest BCUT2D eigenvalue weighted by molar-refractivity contribution is 5.72. The number of hydrogen-bond donors (Lipinski definition) is 1. The Labute approximate surface area is 169 Å². The first-order chi connectivity index (χ1) is 13.6. The molecule has 0 heterocycles. The predicted octanol–water partition coefficient (Wildman–Crippen LogP) is 5.78. The molecule has 0 aliphatic heterocycles. The summed E-state index contributed by atoms with van der Waals surface area (Å²) < 4.78 is 5.82. The summed E-state index contributed by atoms with van der Waals surface area (Å²) >= 11 is 0. The molecule has 2 nitrogen and oxygen atoms in total. The van der Waals surface area contributed by atoms with Crippen LogP contribution in [-0.4, -0.2) is 18.3 Å². The largest absolute Gasteiger partial charge is 0.508 e. The van der Waals surface area contributed by atoms with E-state index in [0.29, 0.717) is 36.0 Å². The number of allylic oxidation sites excluding steroid dienone is 4. The van der Waals surface area contributed by atoms with Gasteiger partial charge in [-0.25, -0.2) is 0 Å². The molecule has 0 saturated heterocycles. The third-order valence-corrected chi connectivity index (χ3v) is 7.58. The molecule has 0 amide bonds. The first-order valence-corrected chi connectivity index (χ1v) is 11.0. The van der Waals surface area contributed by atoms with Gasteiger partial charge in [0.05, 0.1) is 13.2 Å². The lowest BCUT2D eigenvalue weighted by molar-refractivity contribution is 0.108. The monoisotopic (exact) mass is 376 g/mol. The third-order valence-electron chi connectivity index (χ3n) is 7.58. The maximum Gasteiger partial charge on any atom is 0.119 e. The van der Waals surface area contributed by atoms with Crippen LogP contribution in [0.1, 0.15) is 43.7 Å². The lowest BCUT2D eigenvalue weighted by atomic mass is 9.85. The second kappa shape index (κ2) is 7.22. The molecule has 1 N–H and O–H groups in total. The van der Waals surface area contributed by atoms with Gasteiger partial charge in [0.25, 0.3) is 0 Å². The second-order valence-electron chi connectivity index (χ2n) is 9.77. The van der Waals surface area contributed by atoms with Gasteiger partial charge in [-0.3, -0.25) is 0 Å². The summed E-state index contributed by atoms with van der Waals surface area (Å²) in [6.07, 6.45) is 13.4. The molecule has 2 heteroatoms. The fourth-order valence-electron chi connectivity index (χ4n) is 6.22. The van der Waals surface area contributed by atoms with Crippen molar-refractivity contribution in [1.29, 1.82) is 0 Å². The van der Waals surface area contributed by atoms with E-state index in [1.807, 2.05) is 13.0 Å². The summed E-state index contributed by atoms with van der Waals surface area (Å²) in [5, 5.41) is 10.7. The van der Waals surface area contributed by atoms with Crippen molar-refractivity contribution < 1.29 is 9.84 Å². The van der Waals surface area contributed by atoms with E-state index < -0.39 is 0 Å². The molecule has 148 valence electrons. The van der Waals surface area contributed by atoms with Gasteiger partial charge in [-0.05, 0) is 97.3 Å². The summed E-state index contributed by atoms with van der Waals surface area (Å²) in [6.45, 7) is 7.46. The third kappa shape index (κ3) is 3.37. The van der Waals surface area contributed by atoms with E-state index in [9.17, 15) is 5.11 Å². The Morgan fingerprint density at radius 3 is 2.64 bits per heavy atom. The molecule has 1 aromatic carbocycles. The highest BCUT2D eigenvalue weighted by Crippen LogP contribution is 2.52. The van der Waals surface area contributed by atoms with E-state index >= 15 is 0 Å². The smallest absolute Gasteiger partial charge is 0.119 e. The molecular weight excluding hydrogens is 344 g/mol. The van der Waals surface area contributed by atoms with Crippen molar-refractivity contribution in [2.75, 3.05) is 13.2 Å². The van der Waals surface area contributed by atoms with Crippen LogP contribution in [0.5, 0.6) is 5.75 Å². The maximum atomic E-state index is 10.7. The Kier molecular flexibility index (Phi) is 4.71. The van der Waals surface area contributed by atoms with Crippen LogP contribution in [0.15, 0.2) is 48.6 Å². The van der Waals surface area contributed by atoms with Crippen molar-refractivity contribution in [2.24, 2.45) is 35.5 Å². The van der Waals surface area contributed by atoms with Gasteiger partial charge in [0.15, 0.2) is 0 Å². The molecule has 6 atom stereocenters. The van der Waals surface area contributed by atoms with Gasteiger partial charge in [0.1, 0.15) is 5.75 Å². The standard InChI is InChI=1S/C26H32O2/c1-16(2)14-28-15-24-11-23-10-22(24)12-25(23)19-5-6-20(26(27)13-19)9-21-8-17-3-4-18(21)7-17/h3-6,12-13,17-18,21-24,27H,1,7-11,14-15H2,2H3. The number of phenolic OH excluding ortho intramolecular Hbond substituents is 1. The molecule has 0 radical (unpaired) electrons. The molecule has 4 aliphatic rings. The van der Waals surface area contributed by atoms with Crippen LogP contribution < -0.4 is 0 Å². The van der Waals surface area contributed by atoms with Gasteiger partial charge in [-0.15, -0.1) is 0 Å². The van der Waals surface area contributed by atoms with Crippen LogP contribution >= 0.6 is 0 Å². The van der Waals surface area contributed by atoms with E-state index in [1.54, 1.807) is 0 Å². The quantitative estimate of drug-likeness (QED) is 0.611. The number of ether oxygens (including phenoxy) is 1. The Balaban J connectivity index is 1.24. The average molecular weight is 377 g/mol. The van der Waals surface area contributed by atoms with E-state index in [0.717, 1.165) is 36.0 Å². The Morgan fingerprint density at radius 2 is 2.00 bits per heavy atom. The highest BCUT2D eigenvalue weighted by atomic mass is 16.5. The minimum atomic E-state index is 0.495. The number of rotatable bonds is 7. The summed E-state index contributed by atoms with van der Waals surface area (Å²) in [4.78, 5) is 0. The summed E-state index contributed by atoms with van der Waals surface area (Å²) in [5.74, 6) is 4.65. The average Bonchev–Trinajstić information content (AvgIpc) is 3.43. The Morgan fingerprint density at radius 1 is 1.11 bits per heavy atom. The Bertz CT molecular complexity index is 833. The van der Waals surface area contributed by atoms with Crippen molar-refractivity contribution in [3.05, 3.63) is 59.7 Å². The number of fused-ring (bicyclic) bond motifs is 4. The van der Waals surface area contributed by atoms with Gasteiger partial charge in [-0.1, -0.05) is 42.5 Å². The van der Waals surface area contributed by atoms with Crippen molar-refractivity contribution >= 4 is 5.57 Å². The highest BCUT2D eigenvalue weighted by Gasteiger charge is 2.41. The molecule has 2 fully saturated rings. The minimum absolute atomic E-state index is 0.495. The Hall–Kier alpha value is -1.80. The zero-order valence-corrected chi connectivity index (χ0v) is 16.9. The van der Waals surface area contributed by atoms with Crippen molar-refractivity contribution in [2.45, 2.75) is 39.0 Å². The molecule has 2 saturated carbocycles. The van der Waals surface area contributed by atoms with Crippen molar-refractivity contribution in [3.8, 4) is 5.75 Å². The second-order valence-corrected chi connectivity index (χ2v) is 9.77. The van der Waals surface area contributed by atoms with Crippen molar-refractivity contribution in [3.63, 3.8) is 0 Å². The van der Waals surface area contributed by atoms with Crippen LogP contribution in [0, 0.1) is 35.5 Å². The fourth-order valence-corrected chi connectivity index (χ4v) is 6.22. The summed E-state index contributed by atoms with van der Waals surface area (Å²) in [7, 11) is 0. The summed E-state index contributed by atoms with van der Waals surface area (Å²) in [6, 6.07) is 6.45. The maximum absolute atomic E-state index is 10.7.